The van der Waals surface area contributed by atoms with Crippen LogP contribution in [0.1, 0.15) is 36.6 Å². The molecule has 0 radical (unpaired) electrons. The molecule has 10 heteroatoms. The molecule has 1 aliphatic heterocycles. The van der Waals surface area contributed by atoms with Crippen LogP contribution >= 0.6 is 22.9 Å². The Labute approximate surface area is 244 Å². The molecule has 210 valence electrons. The lowest BCUT2D eigenvalue weighted by molar-refractivity contribution is -0.139. The summed E-state index contributed by atoms with van der Waals surface area (Å²) in [5, 5.41) is 0.575. The van der Waals surface area contributed by atoms with Crippen molar-refractivity contribution in [2.24, 2.45) is 4.99 Å². The maximum absolute atomic E-state index is 13.9. The number of benzene rings is 3. The van der Waals surface area contributed by atoms with Gasteiger partial charge in [0.2, 0.25) is 0 Å². The van der Waals surface area contributed by atoms with E-state index in [1.54, 1.807) is 50.3 Å². The van der Waals surface area contributed by atoms with E-state index in [9.17, 15) is 14.0 Å². The summed E-state index contributed by atoms with van der Waals surface area (Å²) in [6.07, 6.45) is 1.71. The standard InChI is InChI=1S/C31H26ClFN2O5S/c1-4-39-30(37)26-18(2)34-31-35(27(26)19-12-14-22(33)15-13-19)29(36)25(41-31)16-20-9-7-11-24(38-3)28(20)40-17-21-8-5-6-10-23(21)32/h5-16,27H,4,17H2,1-3H3/b25-16-/t27-/m1/s1. The van der Waals surface area contributed by atoms with Gasteiger partial charge in [-0.25, -0.2) is 14.2 Å². The molecule has 0 spiro atoms. The van der Waals surface area contributed by atoms with Gasteiger partial charge >= 0.3 is 5.97 Å². The highest BCUT2D eigenvalue weighted by molar-refractivity contribution is 7.07. The average Bonchev–Trinajstić information content (AvgIpc) is 3.26. The maximum Gasteiger partial charge on any atom is 0.338 e. The minimum atomic E-state index is -0.839. The fraction of sp³-hybridized carbons (Fsp3) is 0.194. The number of carbonyl (C=O) groups is 1. The number of fused-ring (bicyclic) bond motifs is 1. The van der Waals surface area contributed by atoms with Crippen LogP contribution in [0.25, 0.3) is 6.08 Å². The summed E-state index contributed by atoms with van der Waals surface area (Å²) in [4.78, 5) is 32.0. The van der Waals surface area contributed by atoms with E-state index in [0.29, 0.717) is 42.7 Å². The van der Waals surface area contributed by atoms with E-state index >= 15 is 0 Å². The lowest BCUT2D eigenvalue weighted by Crippen LogP contribution is -2.39. The van der Waals surface area contributed by atoms with Crippen molar-refractivity contribution in [2.75, 3.05) is 13.7 Å². The average molecular weight is 593 g/mol. The van der Waals surface area contributed by atoms with Crippen LogP contribution in [0.15, 0.2) is 87.8 Å². The summed E-state index contributed by atoms with van der Waals surface area (Å²) >= 11 is 7.50. The molecule has 0 amide bonds. The van der Waals surface area contributed by atoms with Gasteiger partial charge < -0.3 is 14.2 Å². The van der Waals surface area contributed by atoms with Crippen molar-refractivity contribution in [1.82, 2.24) is 4.57 Å². The van der Waals surface area contributed by atoms with Gasteiger partial charge in [0.15, 0.2) is 16.3 Å². The molecule has 41 heavy (non-hydrogen) atoms. The zero-order chi connectivity index (χ0) is 29.1. The molecule has 0 fully saturated rings. The summed E-state index contributed by atoms with van der Waals surface area (Å²) in [5.74, 6) is -0.0789. The van der Waals surface area contributed by atoms with Crippen molar-refractivity contribution in [3.8, 4) is 11.5 Å². The van der Waals surface area contributed by atoms with Gasteiger partial charge in [0.05, 0.1) is 35.6 Å². The number of aromatic nitrogens is 1. The Bertz CT molecular complexity index is 1830. The largest absolute Gasteiger partial charge is 0.493 e. The lowest BCUT2D eigenvalue weighted by atomic mass is 9.96. The van der Waals surface area contributed by atoms with Crippen LogP contribution in [0.3, 0.4) is 0 Å². The molecule has 4 aromatic rings. The van der Waals surface area contributed by atoms with Gasteiger partial charge in [-0.05, 0) is 49.8 Å². The third kappa shape index (κ3) is 5.68. The fourth-order valence-electron chi connectivity index (χ4n) is 4.62. The van der Waals surface area contributed by atoms with E-state index < -0.39 is 17.8 Å². The van der Waals surface area contributed by atoms with Gasteiger partial charge in [0.25, 0.3) is 5.56 Å². The summed E-state index contributed by atoms with van der Waals surface area (Å²) in [5.41, 5.74) is 2.25. The Balaban J connectivity index is 1.64. The molecule has 0 saturated carbocycles. The Morgan fingerprint density at radius 3 is 2.59 bits per heavy atom. The Kier molecular flexibility index (Phi) is 8.37. The molecule has 1 aromatic heterocycles. The number of allylic oxidation sites excluding steroid dienone is 1. The van der Waals surface area contributed by atoms with Gasteiger partial charge in [0, 0.05) is 16.1 Å². The van der Waals surface area contributed by atoms with E-state index in [4.69, 9.17) is 25.8 Å². The molecule has 2 heterocycles. The van der Waals surface area contributed by atoms with E-state index in [2.05, 4.69) is 4.99 Å². The highest BCUT2D eigenvalue weighted by atomic mass is 35.5. The van der Waals surface area contributed by atoms with Crippen LogP contribution in [-0.4, -0.2) is 24.3 Å². The summed E-state index contributed by atoms with van der Waals surface area (Å²) in [6.45, 7) is 3.75. The zero-order valence-electron chi connectivity index (χ0n) is 22.5. The summed E-state index contributed by atoms with van der Waals surface area (Å²) < 4.78 is 32.6. The van der Waals surface area contributed by atoms with Crippen LogP contribution in [0, 0.1) is 5.82 Å². The Morgan fingerprint density at radius 2 is 1.88 bits per heavy atom. The second-order valence-corrected chi connectivity index (χ2v) is 10.5. The van der Waals surface area contributed by atoms with Gasteiger partial charge in [-0.2, -0.15) is 0 Å². The first-order valence-corrected chi connectivity index (χ1v) is 14.0. The van der Waals surface area contributed by atoms with E-state index in [1.165, 1.54) is 35.1 Å². The molecular formula is C31H26ClFN2O5S. The normalized spacial score (nSPS) is 14.9. The van der Waals surface area contributed by atoms with Crippen LogP contribution < -0.4 is 24.4 Å². The van der Waals surface area contributed by atoms with Gasteiger partial charge in [-0.1, -0.05) is 65.4 Å². The van der Waals surface area contributed by atoms with Gasteiger partial charge in [-0.15, -0.1) is 0 Å². The third-order valence-corrected chi connectivity index (χ3v) is 7.90. The molecule has 3 aromatic carbocycles. The monoisotopic (exact) mass is 592 g/mol. The number of halogens is 2. The molecule has 0 saturated heterocycles. The van der Waals surface area contributed by atoms with E-state index in [1.807, 2.05) is 24.3 Å². The van der Waals surface area contributed by atoms with Crippen LogP contribution in [0.2, 0.25) is 5.02 Å². The first kappa shape index (κ1) is 28.3. The molecule has 1 aliphatic rings. The highest BCUT2D eigenvalue weighted by Crippen LogP contribution is 2.34. The van der Waals surface area contributed by atoms with E-state index in [-0.39, 0.29) is 24.3 Å². The molecule has 5 rings (SSSR count). The van der Waals surface area contributed by atoms with Crippen molar-refractivity contribution >= 4 is 35.0 Å². The molecule has 7 nitrogen and oxygen atoms in total. The second-order valence-electron chi connectivity index (χ2n) is 9.11. The minimum absolute atomic E-state index is 0.156. The Hall–Kier alpha value is -4.21. The number of thiazole rings is 1. The molecule has 1 atom stereocenters. The smallest absolute Gasteiger partial charge is 0.338 e. The number of carbonyl (C=O) groups excluding carboxylic acids is 1. The molecule has 0 unspecified atom stereocenters. The quantitative estimate of drug-likeness (QED) is 0.264. The Morgan fingerprint density at radius 1 is 1.12 bits per heavy atom. The molecular weight excluding hydrogens is 567 g/mol. The predicted octanol–water partition coefficient (Wildman–Crippen LogP) is 5.18. The van der Waals surface area contributed by atoms with Crippen LogP contribution in [0.5, 0.6) is 11.5 Å². The highest BCUT2D eigenvalue weighted by Gasteiger charge is 2.33. The number of para-hydroxylation sites is 1. The molecule has 0 bridgehead atoms. The van der Waals surface area contributed by atoms with Crippen molar-refractivity contribution in [3.63, 3.8) is 0 Å². The van der Waals surface area contributed by atoms with Crippen LogP contribution in [0.4, 0.5) is 4.39 Å². The predicted molar refractivity (Wildman–Crippen MR) is 156 cm³/mol. The minimum Gasteiger partial charge on any atom is -0.493 e. The topological polar surface area (TPSA) is 79.1 Å². The SMILES string of the molecule is CCOC(=O)C1=C(C)N=c2s/c(=C\c3cccc(OC)c3OCc3ccccc3Cl)c(=O)n2[C@@H]1c1ccc(F)cc1. The second kappa shape index (κ2) is 12.1. The fourth-order valence-corrected chi connectivity index (χ4v) is 5.85. The molecule has 0 aliphatic carbocycles. The summed E-state index contributed by atoms with van der Waals surface area (Å²) in [7, 11) is 1.54. The summed E-state index contributed by atoms with van der Waals surface area (Å²) in [6, 6.07) is 17.6. The number of nitrogens with zero attached hydrogens (tertiary/aromatic N) is 2. The van der Waals surface area contributed by atoms with Crippen LogP contribution in [-0.2, 0) is 16.1 Å². The first-order valence-electron chi connectivity index (χ1n) is 12.8. The number of ether oxygens (including phenoxy) is 3. The number of rotatable bonds is 8. The van der Waals surface area contributed by atoms with Gasteiger partial charge in [0.1, 0.15) is 12.4 Å². The van der Waals surface area contributed by atoms with Crippen molar-refractivity contribution in [3.05, 3.63) is 125 Å². The van der Waals surface area contributed by atoms with Gasteiger partial charge in [-0.3, -0.25) is 9.36 Å². The number of hydrogen-bond donors (Lipinski definition) is 0. The first-order chi connectivity index (χ1) is 19.8. The lowest BCUT2D eigenvalue weighted by Gasteiger charge is -2.24. The zero-order valence-corrected chi connectivity index (χ0v) is 24.1. The number of methoxy groups -OCH3 is 1. The van der Waals surface area contributed by atoms with E-state index in [0.717, 1.165) is 5.56 Å². The number of esters is 1. The van der Waals surface area contributed by atoms with Crippen molar-refractivity contribution in [2.45, 2.75) is 26.5 Å². The van der Waals surface area contributed by atoms with Crippen molar-refractivity contribution in [1.29, 1.82) is 0 Å². The third-order valence-electron chi connectivity index (χ3n) is 6.55. The maximum atomic E-state index is 13.9. The molecule has 0 N–H and O–H groups in total. The van der Waals surface area contributed by atoms with Crippen molar-refractivity contribution < 1.29 is 23.4 Å². The number of hydrogen-bond acceptors (Lipinski definition) is 7.